The number of ether oxygens (including phenoxy) is 1. The second-order valence-electron chi connectivity index (χ2n) is 7.92. The Balaban J connectivity index is 1.54. The SMILES string of the molecule is CCn1ncc(NC(=O)c2cccc(Cn3nc(C)c(Br)c3C)c2)c1C(=O)N1CCOCC1. The molecule has 0 spiro atoms. The van der Waals surface area contributed by atoms with Gasteiger partial charge in [-0.25, -0.2) is 0 Å². The number of morpholine rings is 1. The van der Waals surface area contributed by atoms with Crippen molar-refractivity contribution >= 4 is 33.4 Å². The number of halogens is 1. The highest BCUT2D eigenvalue weighted by molar-refractivity contribution is 9.10. The minimum absolute atomic E-state index is 0.156. The molecule has 0 radical (unpaired) electrons. The van der Waals surface area contributed by atoms with E-state index in [1.54, 1.807) is 15.6 Å². The molecule has 0 atom stereocenters. The Kier molecular flexibility index (Phi) is 6.94. The van der Waals surface area contributed by atoms with Gasteiger partial charge in [0.25, 0.3) is 11.8 Å². The zero-order chi connectivity index (χ0) is 23.5. The van der Waals surface area contributed by atoms with E-state index in [9.17, 15) is 9.59 Å². The van der Waals surface area contributed by atoms with Gasteiger partial charge < -0.3 is 15.0 Å². The molecule has 1 N–H and O–H groups in total. The number of benzene rings is 1. The second kappa shape index (κ2) is 9.88. The zero-order valence-corrected chi connectivity index (χ0v) is 20.6. The summed E-state index contributed by atoms with van der Waals surface area (Å²) in [6.45, 7) is 8.98. The smallest absolute Gasteiger partial charge is 0.274 e. The number of rotatable bonds is 6. The highest BCUT2D eigenvalue weighted by Gasteiger charge is 2.26. The normalized spacial score (nSPS) is 13.9. The zero-order valence-electron chi connectivity index (χ0n) is 19.0. The van der Waals surface area contributed by atoms with Gasteiger partial charge >= 0.3 is 0 Å². The van der Waals surface area contributed by atoms with Crippen molar-refractivity contribution in [1.29, 1.82) is 0 Å². The average molecular weight is 515 g/mol. The maximum atomic E-state index is 13.1. The van der Waals surface area contributed by atoms with Gasteiger partial charge in [0.1, 0.15) is 5.69 Å². The molecule has 10 heteroatoms. The van der Waals surface area contributed by atoms with Crippen LogP contribution in [-0.4, -0.2) is 62.6 Å². The van der Waals surface area contributed by atoms with Gasteiger partial charge in [-0.3, -0.25) is 19.0 Å². The first kappa shape index (κ1) is 23.2. The van der Waals surface area contributed by atoms with Crippen LogP contribution in [0, 0.1) is 13.8 Å². The summed E-state index contributed by atoms with van der Waals surface area (Å²) in [5.41, 5.74) is 4.20. The van der Waals surface area contributed by atoms with Crippen LogP contribution < -0.4 is 5.32 Å². The number of carbonyl (C=O) groups excluding carboxylic acids is 2. The topological polar surface area (TPSA) is 94.3 Å². The van der Waals surface area contributed by atoms with E-state index in [0.29, 0.717) is 56.3 Å². The third-order valence-electron chi connectivity index (χ3n) is 5.70. The molecule has 0 bridgehead atoms. The Morgan fingerprint density at radius 1 is 1.18 bits per heavy atom. The molecule has 1 aliphatic rings. The first-order valence-electron chi connectivity index (χ1n) is 10.9. The van der Waals surface area contributed by atoms with E-state index < -0.39 is 0 Å². The highest BCUT2D eigenvalue weighted by atomic mass is 79.9. The number of anilines is 1. The number of aryl methyl sites for hydroxylation is 2. The van der Waals surface area contributed by atoms with Crippen LogP contribution >= 0.6 is 15.9 Å². The lowest BCUT2D eigenvalue weighted by molar-refractivity contribution is 0.0295. The number of nitrogens with zero attached hydrogens (tertiary/aromatic N) is 5. The second-order valence-corrected chi connectivity index (χ2v) is 8.72. The molecule has 3 aromatic rings. The van der Waals surface area contributed by atoms with Crippen molar-refractivity contribution < 1.29 is 14.3 Å². The summed E-state index contributed by atoms with van der Waals surface area (Å²) in [5.74, 6) is -0.449. The monoisotopic (exact) mass is 514 g/mol. The molecule has 1 aromatic carbocycles. The van der Waals surface area contributed by atoms with Gasteiger partial charge in [0.05, 0.1) is 47.5 Å². The molecule has 9 nitrogen and oxygen atoms in total. The fourth-order valence-corrected chi connectivity index (χ4v) is 4.15. The number of hydrogen-bond acceptors (Lipinski definition) is 5. The Labute approximate surface area is 200 Å². The molecule has 1 fully saturated rings. The largest absolute Gasteiger partial charge is 0.378 e. The molecule has 33 heavy (non-hydrogen) atoms. The van der Waals surface area contributed by atoms with E-state index in [2.05, 4.69) is 31.4 Å². The third-order valence-corrected chi connectivity index (χ3v) is 6.85. The van der Waals surface area contributed by atoms with E-state index in [1.807, 2.05) is 43.7 Å². The summed E-state index contributed by atoms with van der Waals surface area (Å²) in [4.78, 5) is 27.9. The van der Waals surface area contributed by atoms with Crippen LogP contribution in [0.5, 0.6) is 0 Å². The van der Waals surface area contributed by atoms with E-state index in [4.69, 9.17) is 4.74 Å². The van der Waals surface area contributed by atoms with Crippen molar-refractivity contribution in [3.8, 4) is 0 Å². The quantitative estimate of drug-likeness (QED) is 0.544. The van der Waals surface area contributed by atoms with Gasteiger partial charge in [-0.1, -0.05) is 12.1 Å². The highest BCUT2D eigenvalue weighted by Crippen LogP contribution is 2.22. The summed E-state index contributed by atoms with van der Waals surface area (Å²) >= 11 is 3.55. The fourth-order valence-electron chi connectivity index (χ4n) is 3.87. The van der Waals surface area contributed by atoms with Crippen molar-refractivity contribution in [2.75, 3.05) is 31.6 Å². The van der Waals surface area contributed by atoms with Gasteiger partial charge in [0.15, 0.2) is 0 Å². The molecule has 2 aromatic heterocycles. The molecule has 1 saturated heterocycles. The van der Waals surface area contributed by atoms with Crippen molar-refractivity contribution in [3.05, 3.63) is 63.1 Å². The predicted molar refractivity (Wildman–Crippen MR) is 128 cm³/mol. The lowest BCUT2D eigenvalue weighted by Crippen LogP contribution is -2.41. The Bertz CT molecular complexity index is 1180. The number of hydrogen-bond donors (Lipinski definition) is 1. The van der Waals surface area contributed by atoms with Crippen LogP contribution in [0.4, 0.5) is 5.69 Å². The average Bonchev–Trinajstić information content (AvgIpc) is 3.35. The standard InChI is InChI=1S/C23H27BrN6O3/c1-4-29-21(23(32)28-8-10-33-11-9-28)19(13-25-29)26-22(31)18-7-5-6-17(12-18)14-30-16(3)20(24)15(2)27-30/h5-7,12-13H,4,8-11,14H2,1-3H3,(H,26,31). The molecular formula is C23H27BrN6O3. The Morgan fingerprint density at radius 2 is 1.94 bits per heavy atom. The first-order chi connectivity index (χ1) is 15.9. The predicted octanol–water partition coefficient (Wildman–Crippen LogP) is 3.25. The minimum atomic E-state index is -0.293. The minimum Gasteiger partial charge on any atom is -0.378 e. The lowest BCUT2D eigenvalue weighted by Gasteiger charge is -2.27. The number of aromatic nitrogens is 4. The number of carbonyl (C=O) groups is 2. The van der Waals surface area contributed by atoms with E-state index in [1.165, 1.54) is 6.20 Å². The van der Waals surface area contributed by atoms with Crippen molar-refractivity contribution in [2.24, 2.45) is 0 Å². The van der Waals surface area contributed by atoms with Gasteiger partial charge in [-0.05, 0) is 54.4 Å². The number of nitrogens with one attached hydrogen (secondary N) is 1. The van der Waals surface area contributed by atoms with E-state index in [0.717, 1.165) is 21.4 Å². The van der Waals surface area contributed by atoms with Crippen LogP contribution in [0.2, 0.25) is 0 Å². The first-order valence-corrected chi connectivity index (χ1v) is 11.7. The molecule has 2 amide bonds. The van der Waals surface area contributed by atoms with Gasteiger partial charge in [-0.2, -0.15) is 10.2 Å². The molecule has 3 heterocycles. The van der Waals surface area contributed by atoms with Crippen LogP contribution in [-0.2, 0) is 17.8 Å². The van der Waals surface area contributed by atoms with Gasteiger partial charge in [0, 0.05) is 25.2 Å². The van der Waals surface area contributed by atoms with Crippen LogP contribution in [0.25, 0.3) is 0 Å². The summed E-state index contributed by atoms with van der Waals surface area (Å²) in [6, 6.07) is 7.40. The molecule has 1 aliphatic heterocycles. The fraction of sp³-hybridized carbons (Fsp3) is 0.391. The third kappa shape index (κ3) is 4.86. The maximum absolute atomic E-state index is 13.1. The maximum Gasteiger partial charge on any atom is 0.274 e. The Morgan fingerprint density at radius 3 is 2.61 bits per heavy atom. The van der Waals surface area contributed by atoms with Crippen LogP contribution in [0.1, 0.15) is 44.7 Å². The molecule has 0 aliphatic carbocycles. The van der Waals surface area contributed by atoms with Gasteiger partial charge in [0.2, 0.25) is 0 Å². The van der Waals surface area contributed by atoms with Crippen LogP contribution in [0.3, 0.4) is 0 Å². The lowest BCUT2D eigenvalue weighted by atomic mass is 10.1. The molecule has 174 valence electrons. The van der Waals surface area contributed by atoms with E-state index in [-0.39, 0.29) is 11.8 Å². The number of amides is 2. The van der Waals surface area contributed by atoms with Crippen molar-refractivity contribution in [2.45, 2.75) is 33.9 Å². The summed E-state index contributed by atoms with van der Waals surface area (Å²) in [6.07, 6.45) is 1.53. The van der Waals surface area contributed by atoms with Crippen LogP contribution in [0.15, 0.2) is 34.9 Å². The molecule has 0 unspecified atom stereocenters. The summed E-state index contributed by atoms with van der Waals surface area (Å²) in [7, 11) is 0. The van der Waals surface area contributed by atoms with Crippen molar-refractivity contribution in [3.63, 3.8) is 0 Å². The Hall–Kier alpha value is -2.98. The summed E-state index contributed by atoms with van der Waals surface area (Å²) in [5, 5.41) is 11.7. The van der Waals surface area contributed by atoms with E-state index >= 15 is 0 Å². The summed E-state index contributed by atoms with van der Waals surface area (Å²) < 4.78 is 9.86. The van der Waals surface area contributed by atoms with Gasteiger partial charge in [-0.15, -0.1) is 0 Å². The molecule has 0 saturated carbocycles. The molecule has 4 rings (SSSR count). The van der Waals surface area contributed by atoms with Crippen molar-refractivity contribution in [1.82, 2.24) is 24.5 Å². The molecular weight excluding hydrogens is 488 g/mol.